The maximum absolute atomic E-state index is 13.5. The third-order valence-electron chi connectivity index (χ3n) is 15.1. The van der Waals surface area contributed by atoms with Crippen LogP contribution in [-0.2, 0) is 54.4 Å². The number of aromatic nitrogens is 6. The molecule has 3 aromatic carbocycles. The molecule has 0 atom stereocenters. The summed E-state index contributed by atoms with van der Waals surface area (Å²) in [5.41, 5.74) is 2.21. The van der Waals surface area contributed by atoms with Gasteiger partial charge < -0.3 is 75.6 Å². The van der Waals surface area contributed by atoms with Crippen LogP contribution in [0.2, 0.25) is 0 Å². The summed E-state index contributed by atoms with van der Waals surface area (Å²) in [5.74, 6) is -3.66. The molecule has 25 nitrogen and oxygen atoms in total. The van der Waals surface area contributed by atoms with Gasteiger partial charge in [-0.1, -0.05) is 54.6 Å². The molecule has 5 heterocycles. The number of hydrogen-bond donors (Lipinski definition) is 9. The van der Waals surface area contributed by atoms with Crippen LogP contribution in [0.15, 0.2) is 146 Å². The van der Waals surface area contributed by atoms with E-state index in [1.807, 2.05) is 37.2 Å². The second kappa shape index (κ2) is 31.9. The Bertz CT molecular complexity index is 3830. The molecule has 0 fully saturated rings. The van der Waals surface area contributed by atoms with E-state index in [2.05, 4.69) is 126 Å². The highest BCUT2D eigenvalue weighted by atomic mass is 31.2. The van der Waals surface area contributed by atoms with Crippen molar-refractivity contribution in [3.05, 3.63) is 175 Å². The third-order valence-corrected chi connectivity index (χ3v) is 19.7. The first-order valence-corrected chi connectivity index (χ1v) is 32.2. The number of carbonyl (C=O) groups is 9. The van der Waals surface area contributed by atoms with E-state index in [9.17, 15) is 43.2 Å². The monoisotopic (exact) mass is 1270 g/mol. The molecule has 5 aromatic heterocycles. The van der Waals surface area contributed by atoms with Gasteiger partial charge in [0.15, 0.2) is 5.82 Å². The Morgan fingerprint density at radius 1 is 0.391 bits per heavy atom. The van der Waals surface area contributed by atoms with Crippen molar-refractivity contribution in [2.24, 2.45) is 35.2 Å². The highest BCUT2D eigenvalue weighted by Gasteiger charge is 2.44. The highest BCUT2D eigenvalue weighted by molar-refractivity contribution is 7.95. The number of imidazole rings is 1. The van der Waals surface area contributed by atoms with Gasteiger partial charge in [-0.3, -0.25) is 43.2 Å². The Kier molecular flexibility index (Phi) is 23.4. The van der Waals surface area contributed by atoms with Crippen molar-refractivity contribution >= 4 is 105 Å². The molecule has 0 saturated heterocycles. The number of rotatable bonds is 31. The average Bonchev–Trinajstić information content (AvgIpc) is 1.15. The third kappa shape index (κ3) is 18.2. The number of benzene rings is 3. The minimum absolute atomic E-state index is 0.0256. The molecule has 0 saturated carbocycles. The van der Waals surface area contributed by atoms with E-state index in [1.165, 1.54) is 66.3 Å². The molecule has 0 bridgehead atoms. The standard InChI is InChI=1S/C66H79N16O9P/c1-77(2)34-19-30-67-58(84)27-32-69-63(88)53-37-46(41-79(53)4)72-64(89)54-38-47(42-80(54)5)73-65(90)55-39-48(43-81(55)6)74-66(91)61-76-56(44-82(61)7)75-60(86)29-33-70-62(87)52-36-45(40-78(52)3)71-59(85)28-31-68-57(83)26-17-18-35-92(49-20-11-8-12-21-49,50-22-13-9-14-23-50)51-24-15-10-16-25-51/h8-16,20-25,36-44H,17-19,26-35H2,1-7H3,(H8-,67,68,69,70,71,72,73,74,75,83,84,85,86,87,88,89,90,91)/p+1. The average molecular weight is 1270 g/mol. The van der Waals surface area contributed by atoms with E-state index >= 15 is 0 Å². The molecule has 0 spiro atoms. The van der Waals surface area contributed by atoms with Crippen molar-refractivity contribution in [1.29, 1.82) is 0 Å². The summed E-state index contributed by atoms with van der Waals surface area (Å²) in [5, 5.41) is 28.7. The van der Waals surface area contributed by atoms with Gasteiger partial charge in [-0.2, -0.15) is 0 Å². The lowest BCUT2D eigenvalue weighted by Gasteiger charge is -2.27. The maximum atomic E-state index is 13.5. The minimum Gasteiger partial charge on any atom is -0.356 e. The van der Waals surface area contributed by atoms with E-state index in [1.54, 1.807) is 63.0 Å². The summed E-state index contributed by atoms with van der Waals surface area (Å²) >= 11 is 0. The molecule has 0 aliphatic heterocycles. The van der Waals surface area contributed by atoms with Crippen LogP contribution in [0.4, 0.5) is 28.6 Å². The van der Waals surface area contributed by atoms with Crippen LogP contribution in [0.25, 0.3) is 0 Å². The van der Waals surface area contributed by atoms with Crippen LogP contribution >= 0.6 is 7.26 Å². The lowest BCUT2D eigenvalue weighted by Crippen LogP contribution is -2.33. The van der Waals surface area contributed by atoms with Crippen LogP contribution in [0.1, 0.15) is 97.5 Å². The molecule has 0 aliphatic rings. The molecule has 0 radical (unpaired) electrons. The Labute approximate surface area is 534 Å². The number of amides is 9. The summed E-state index contributed by atoms with van der Waals surface area (Å²) in [4.78, 5) is 124. The van der Waals surface area contributed by atoms with Crippen LogP contribution in [0.3, 0.4) is 0 Å². The summed E-state index contributed by atoms with van der Waals surface area (Å²) in [6.07, 6.45) is 11.3. The molecular weight excluding hydrogens is 1190 g/mol. The fraction of sp³-hybridized carbons (Fsp3) is 0.303. The predicted octanol–water partition coefficient (Wildman–Crippen LogP) is 5.09. The molecule has 8 aromatic rings. The van der Waals surface area contributed by atoms with Gasteiger partial charge in [0.2, 0.25) is 29.5 Å². The van der Waals surface area contributed by atoms with Crippen molar-refractivity contribution in [3.8, 4) is 0 Å². The van der Waals surface area contributed by atoms with Gasteiger partial charge in [0.25, 0.3) is 29.5 Å². The second-order valence-corrected chi connectivity index (χ2v) is 26.2. The number of nitrogens with zero attached hydrogens (tertiary/aromatic N) is 7. The van der Waals surface area contributed by atoms with Gasteiger partial charge in [0.1, 0.15) is 46.0 Å². The molecule has 482 valence electrons. The van der Waals surface area contributed by atoms with E-state index in [0.29, 0.717) is 36.4 Å². The fourth-order valence-corrected chi connectivity index (χ4v) is 15.0. The van der Waals surface area contributed by atoms with E-state index < -0.39 is 42.7 Å². The predicted molar refractivity (Wildman–Crippen MR) is 358 cm³/mol. The van der Waals surface area contributed by atoms with E-state index in [0.717, 1.165) is 25.5 Å². The highest BCUT2D eigenvalue weighted by Crippen LogP contribution is 2.56. The summed E-state index contributed by atoms with van der Waals surface area (Å²) < 4.78 is 7.56. The molecular formula is C66H80N16O9P+. The second-order valence-electron chi connectivity index (χ2n) is 22.5. The Balaban J connectivity index is 0.728. The van der Waals surface area contributed by atoms with Crippen molar-refractivity contribution in [2.45, 2.75) is 44.9 Å². The SMILES string of the molecule is CN(C)CCCNC(=O)CCNC(=O)c1cc(NC(=O)c2cc(NC(=O)c3cc(NC(=O)c4nc(NC(=O)CCNC(=O)c5cc(NC(=O)CCNC(=O)CCCC[P+](c6ccccc6)(c6ccccc6)c6ccccc6)cn5C)cn4C)cn3C)cn2C)cn1C. The minimum atomic E-state index is -2.00. The lowest BCUT2D eigenvalue weighted by atomic mass is 10.2. The van der Waals surface area contributed by atoms with Crippen molar-refractivity contribution in [2.75, 3.05) is 79.6 Å². The normalized spacial score (nSPS) is 11.2. The molecule has 9 amide bonds. The zero-order valence-corrected chi connectivity index (χ0v) is 53.7. The fourth-order valence-electron chi connectivity index (χ4n) is 10.6. The van der Waals surface area contributed by atoms with Crippen molar-refractivity contribution in [1.82, 2.24) is 54.0 Å². The van der Waals surface area contributed by atoms with Gasteiger partial charge in [-0.15, -0.1) is 0 Å². The number of aryl methyl sites for hydroxylation is 5. The number of carbonyl (C=O) groups excluding carboxylic acids is 9. The first kappa shape index (κ1) is 67.5. The largest absolute Gasteiger partial charge is 0.356 e. The van der Waals surface area contributed by atoms with Gasteiger partial charge in [0.05, 0.1) is 28.9 Å². The zero-order valence-electron chi connectivity index (χ0n) is 52.8. The molecule has 92 heavy (non-hydrogen) atoms. The number of hydrogen-bond acceptors (Lipinski definition) is 11. The summed E-state index contributed by atoms with van der Waals surface area (Å²) in [7, 11) is 10.0. The van der Waals surface area contributed by atoms with Crippen molar-refractivity contribution in [3.63, 3.8) is 0 Å². The van der Waals surface area contributed by atoms with Gasteiger partial charge in [-0.05, 0) is 101 Å². The van der Waals surface area contributed by atoms with Gasteiger partial charge in [0, 0.05) is 118 Å². The zero-order chi connectivity index (χ0) is 65.9. The van der Waals surface area contributed by atoms with Crippen LogP contribution < -0.4 is 63.8 Å². The Hall–Kier alpha value is -10.4. The van der Waals surface area contributed by atoms with Crippen molar-refractivity contribution < 1.29 is 43.2 Å². The number of anilines is 5. The van der Waals surface area contributed by atoms with Crippen LogP contribution in [0, 0.1) is 0 Å². The van der Waals surface area contributed by atoms with Crippen LogP contribution in [-0.4, -0.2) is 139 Å². The molecule has 8 rings (SSSR count). The lowest BCUT2D eigenvalue weighted by molar-refractivity contribution is -0.122. The van der Waals surface area contributed by atoms with Gasteiger partial charge in [-0.25, -0.2) is 4.98 Å². The topological polar surface area (TPSA) is 303 Å². The van der Waals surface area contributed by atoms with Gasteiger partial charge >= 0.3 is 0 Å². The number of nitrogens with one attached hydrogen (secondary N) is 9. The first-order chi connectivity index (χ1) is 44.2. The smallest absolute Gasteiger partial charge is 0.291 e. The van der Waals surface area contributed by atoms with E-state index in [4.69, 9.17) is 0 Å². The maximum Gasteiger partial charge on any atom is 0.291 e. The van der Waals surface area contributed by atoms with E-state index in [-0.39, 0.29) is 96.7 Å². The van der Waals surface area contributed by atoms with Crippen LogP contribution in [0.5, 0.6) is 0 Å². The summed E-state index contributed by atoms with van der Waals surface area (Å²) in [6, 6.07) is 37.8. The summed E-state index contributed by atoms with van der Waals surface area (Å²) in [6.45, 7) is 1.63. The number of unbranched alkanes of at least 4 members (excludes halogenated alkanes) is 1. The molecule has 26 heteroatoms. The molecule has 0 aliphatic carbocycles. The Morgan fingerprint density at radius 2 is 0.772 bits per heavy atom. The quantitative estimate of drug-likeness (QED) is 0.0204. The molecule has 0 unspecified atom stereocenters. The molecule has 9 N–H and O–H groups in total. The first-order valence-electron chi connectivity index (χ1n) is 30.2. The Morgan fingerprint density at radius 3 is 1.23 bits per heavy atom.